The highest BCUT2D eigenvalue weighted by Gasteiger charge is 2.49. The first-order valence-corrected chi connectivity index (χ1v) is 15.9. The Balaban J connectivity index is 1.77. The topological polar surface area (TPSA) is 58.3 Å². The van der Waals surface area contributed by atoms with Crippen molar-refractivity contribution in [3.63, 3.8) is 0 Å². The molecule has 2 N–H and O–H groups in total. The minimum Gasteiger partial charge on any atom is -0.390 e. The third kappa shape index (κ3) is 4.90. The smallest absolute Gasteiger partial charge is 0.130 e. The van der Waals surface area contributed by atoms with Gasteiger partial charge in [-0.2, -0.15) is 0 Å². The zero-order chi connectivity index (χ0) is 32.1. The number of hydrogen-bond acceptors (Lipinski definition) is 3. The normalized spacial score (nSPS) is 11.8. The Kier molecular flexibility index (Phi) is 8.36. The molecule has 0 atom stereocenters. The zero-order valence-electron chi connectivity index (χ0n) is 26.0. The number of aromatic nitrogens is 2. The summed E-state index contributed by atoms with van der Waals surface area (Å²) in [4.78, 5) is 5.40. The molecule has 0 fully saturated rings. The van der Waals surface area contributed by atoms with Gasteiger partial charge in [-0.25, -0.2) is 4.98 Å². The summed E-state index contributed by atoms with van der Waals surface area (Å²) in [6.45, 7) is -0.662. The second-order valence-electron chi connectivity index (χ2n) is 11.6. The highest BCUT2D eigenvalue weighted by Crippen LogP contribution is 2.50. The van der Waals surface area contributed by atoms with Crippen molar-refractivity contribution < 1.29 is 10.2 Å². The molecule has 1 aromatic heterocycles. The number of aliphatic hydroxyl groups is 2. The van der Waals surface area contributed by atoms with Crippen LogP contribution in [0.15, 0.2) is 182 Å². The van der Waals surface area contributed by atoms with Crippen molar-refractivity contribution >= 4 is 0 Å². The summed E-state index contributed by atoms with van der Waals surface area (Å²) in [5.74, 6) is 0.686. The minimum absolute atomic E-state index is 0.328. The average molecular weight is 613 g/mol. The molecule has 0 saturated carbocycles. The van der Waals surface area contributed by atoms with Crippen molar-refractivity contribution in [3.05, 3.63) is 233 Å². The summed E-state index contributed by atoms with van der Waals surface area (Å²) in [5.41, 5.74) is 5.07. The van der Waals surface area contributed by atoms with Crippen LogP contribution in [-0.4, -0.2) is 19.8 Å². The van der Waals surface area contributed by atoms with Gasteiger partial charge in [-0.05, 0) is 33.4 Å². The first-order valence-electron chi connectivity index (χ1n) is 15.9. The van der Waals surface area contributed by atoms with Gasteiger partial charge in [-0.1, -0.05) is 182 Å². The molecule has 47 heavy (non-hydrogen) atoms. The van der Waals surface area contributed by atoms with Gasteiger partial charge >= 0.3 is 0 Å². The third-order valence-electron chi connectivity index (χ3n) is 9.22. The van der Waals surface area contributed by atoms with Crippen molar-refractivity contribution in [1.29, 1.82) is 0 Å². The molecule has 6 aromatic carbocycles. The van der Waals surface area contributed by atoms with Crippen LogP contribution in [-0.2, 0) is 24.2 Å². The molecule has 0 radical (unpaired) electrons. The maximum Gasteiger partial charge on any atom is 0.130 e. The Morgan fingerprint density at radius 3 is 0.979 bits per heavy atom. The van der Waals surface area contributed by atoms with Gasteiger partial charge in [0.1, 0.15) is 16.8 Å². The third-order valence-corrected chi connectivity index (χ3v) is 9.22. The van der Waals surface area contributed by atoms with Crippen molar-refractivity contribution in [2.75, 3.05) is 0 Å². The van der Waals surface area contributed by atoms with Crippen molar-refractivity contribution in [1.82, 2.24) is 9.55 Å². The number of nitrogens with zero attached hydrogens (tertiary/aromatic N) is 2. The predicted molar refractivity (Wildman–Crippen MR) is 187 cm³/mol. The fraction of sp³-hybridized carbons (Fsp3) is 0.0930. The average Bonchev–Trinajstić information content (AvgIpc) is 3.54. The van der Waals surface area contributed by atoms with E-state index in [0.29, 0.717) is 17.2 Å². The van der Waals surface area contributed by atoms with Crippen LogP contribution in [0.5, 0.6) is 0 Å². The molecule has 0 spiro atoms. The van der Waals surface area contributed by atoms with E-state index >= 15 is 0 Å². The summed E-state index contributed by atoms with van der Waals surface area (Å²) in [6.07, 6.45) is 0. The summed E-state index contributed by atoms with van der Waals surface area (Å²) in [7, 11) is 0. The first kappa shape index (κ1) is 30.1. The van der Waals surface area contributed by atoms with Gasteiger partial charge in [-0.15, -0.1) is 0 Å². The molecule has 4 nitrogen and oxygen atoms in total. The summed E-state index contributed by atoms with van der Waals surface area (Å²) >= 11 is 0. The van der Waals surface area contributed by atoms with E-state index in [-0.39, 0.29) is 13.2 Å². The van der Waals surface area contributed by atoms with Crippen LogP contribution < -0.4 is 0 Å². The van der Waals surface area contributed by atoms with Gasteiger partial charge in [0.25, 0.3) is 0 Å². The summed E-state index contributed by atoms with van der Waals surface area (Å²) in [6, 6.07) is 62.5. The van der Waals surface area contributed by atoms with Crippen LogP contribution >= 0.6 is 0 Å². The van der Waals surface area contributed by atoms with E-state index in [2.05, 4.69) is 150 Å². The lowest BCUT2D eigenvalue weighted by atomic mass is 9.67. The molecule has 0 unspecified atom stereocenters. The Bertz CT molecular complexity index is 1830. The second kappa shape index (κ2) is 13.1. The molecule has 0 amide bonds. The van der Waals surface area contributed by atoms with E-state index in [9.17, 15) is 10.2 Å². The zero-order valence-corrected chi connectivity index (χ0v) is 26.0. The first-order chi connectivity index (χ1) is 23.3. The van der Waals surface area contributed by atoms with Crippen molar-refractivity contribution in [2.24, 2.45) is 0 Å². The van der Waals surface area contributed by atoms with E-state index in [1.165, 1.54) is 0 Å². The highest BCUT2D eigenvalue weighted by atomic mass is 16.3. The van der Waals surface area contributed by atoms with Crippen LogP contribution in [0, 0.1) is 0 Å². The molecule has 4 heteroatoms. The molecule has 1 heterocycles. The van der Waals surface area contributed by atoms with Crippen LogP contribution in [0.2, 0.25) is 0 Å². The second-order valence-corrected chi connectivity index (χ2v) is 11.6. The number of imidazole rings is 1. The number of rotatable bonds is 10. The van der Waals surface area contributed by atoms with Gasteiger partial charge in [0, 0.05) is 0 Å². The van der Waals surface area contributed by atoms with E-state index < -0.39 is 11.0 Å². The SMILES string of the molecule is OCc1nc(C(c2ccccc2)(c2ccccc2)c2ccccc2)n(C(c2ccccc2)(c2ccccc2)c2ccccc2)c1CO. The van der Waals surface area contributed by atoms with Gasteiger partial charge in [0.2, 0.25) is 0 Å². The Morgan fingerprint density at radius 2 is 0.702 bits per heavy atom. The number of aliphatic hydroxyl groups excluding tert-OH is 2. The fourth-order valence-electron chi connectivity index (χ4n) is 7.28. The standard InChI is InChI=1S/C43H36N2O2/c46-31-39-40(32-47)45(43(36-25-13-4-14-26-36,37-27-15-5-16-28-37)38-29-17-6-18-30-38)41(44-39)42(33-19-7-1-8-20-33,34-21-9-2-10-22-34)35-23-11-3-12-24-35/h1-30,46-47H,31-32H2. The van der Waals surface area contributed by atoms with Gasteiger partial charge in [0.05, 0.1) is 24.6 Å². The molecule has 0 aliphatic heterocycles. The molecular weight excluding hydrogens is 576 g/mol. The molecule has 0 bridgehead atoms. The Hall–Kier alpha value is -5.55. The summed E-state index contributed by atoms with van der Waals surface area (Å²) < 4.78 is 2.21. The molecule has 7 aromatic rings. The monoisotopic (exact) mass is 612 g/mol. The van der Waals surface area contributed by atoms with Crippen LogP contribution in [0.25, 0.3) is 0 Å². The van der Waals surface area contributed by atoms with Gasteiger partial charge < -0.3 is 14.8 Å². The molecule has 7 rings (SSSR count). The van der Waals surface area contributed by atoms with Crippen LogP contribution in [0.4, 0.5) is 0 Å². The fourth-order valence-corrected chi connectivity index (χ4v) is 7.28. The molecule has 0 saturated heterocycles. The molecule has 0 aliphatic carbocycles. The minimum atomic E-state index is -0.999. The Labute approximate surface area is 275 Å². The van der Waals surface area contributed by atoms with Crippen molar-refractivity contribution in [2.45, 2.75) is 24.2 Å². The highest BCUT2D eigenvalue weighted by molar-refractivity contribution is 5.60. The lowest BCUT2D eigenvalue weighted by molar-refractivity contribution is 0.246. The molecule has 0 aliphatic rings. The maximum absolute atomic E-state index is 11.4. The van der Waals surface area contributed by atoms with Crippen LogP contribution in [0.1, 0.15) is 50.6 Å². The lowest BCUT2D eigenvalue weighted by Crippen LogP contribution is -2.44. The summed E-state index contributed by atoms with van der Waals surface area (Å²) in [5, 5.41) is 22.3. The molecular formula is C43H36N2O2. The van der Waals surface area contributed by atoms with E-state index in [4.69, 9.17) is 4.98 Å². The maximum atomic E-state index is 11.4. The van der Waals surface area contributed by atoms with E-state index in [1.807, 2.05) is 36.4 Å². The van der Waals surface area contributed by atoms with Gasteiger partial charge in [0.15, 0.2) is 0 Å². The number of benzene rings is 6. The van der Waals surface area contributed by atoms with E-state index in [1.54, 1.807) is 0 Å². The lowest BCUT2D eigenvalue weighted by Gasteiger charge is -2.44. The van der Waals surface area contributed by atoms with Crippen molar-refractivity contribution in [3.8, 4) is 0 Å². The molecule has 230 valence electrons. The van der Waals surface area contributed by atoms with E-state index in [0.717, 1.165) is 33.4 Å². The Morgan fingerprint density at radius 1 is 0.404 bits per heavy atom. The quantitative estimate of drug-likeness (QED) is 0.154. The van der Waals surface area contributed by atoms with Crippen LogP contribution in [0.3, 0.4) is 0 Å². The van der Waals surface area contributed by atoms with Gasteiger partial charge in [-0.3, -0.25) is 0 Å². The number of hydrogen-bond donors (Lipinski definition) is 2. The largest absolute Gasteiger partial charge is 0.390 e. The predicted octanol–water partition coefficient (Wildman–Crippen LogP) is 8.09.